The fourth-order valence-electron chi connectivity index (χ4n) is 2.67. The second kappa shape index (κ2) is 5.60. The Morgan fingerprint density at radius 3 is 2.90 bits per heavy atom. The minimum atomic E-state index is -0.134. The molecule has 2 aromatic rings. The zero-order valence-corrected chi connectivity index (χ0v) is 13.5. The van der Waals surface area contributed by atoms with Crippen LogP contribution < -0.4 is 5.32 Å². The summed E-state index contributed by atoms with van der Waals surface area (Å²) < 4.78 is 2.90. The van der Waals surface area contributed by atoms with E-state index in [1.807, 2.05) is 36.7 Å². The molecule has 1 saturated carbocycles. The van der Waals surface area contributed by atoms with Crippen LogP contribution in [0.2, 0.25) is 0 Å². The first-order valence-corrected chi connectivity index (χ1v) is 7.76. The van der Waals surface area contributed by atoms with Crippen molar-refractivity contribution in [3.63, 3.8) is 0 Å². The van der Waals surface area contributed by atoms with Crippen LogP contribution >= 0.6 is 15.9 Å². The lowest BCUT2D eigenvalue weighted by atomic mass is 10.1. The highest BCUT2D eigenvalue weighted by atomic mass is 79.9. The van der Waals surface area contributed by atoms with Crippen LogP contribution in [0, 0.1) is 5.92 Å². The standard InChI is InChI=1S/C15H17BrN4O/c1-9(14-19-17-8-20(14)2)18-15(21)12-7-11(12)10-5-3-4-6-13(10)16/h3-6,8-9,11-12H,7H2,1-2H3,(H,18,21)/t9-,11+,12+/m0/s1. The average Bonchev–Trinajstić information content (AvgIpc) is 3.13. The Kier molecular flexibility index (Phi) is 3.80. The van der Waals surface area contributed by atoms with Gasteiger partial charge in [0.2, 0.25) is 5.91 Å². The van der Waals surface area contributed by atoms with E-state index in [1.54, 1.807) is 6.33 Å². The van der Waals surface area contributed by atoms with Crippen molar-refractivity contribution in [3.05, 3.63) is 46.5 Å². The Morgan fingerprint density at radius 1 is 1.48 bits per heavy atom. The summed E-state index contributed by atoms with van der Waals surface area (Å²) in [6.45, 7) is 1.93. The van der Waals surface area contributed by atoms with Gasteiger partial charge < -0.3 is 9.88 Å². The highest BCUT2D eigenvalue weighted by molar-refractivity contribution is 9.10. The largest absolute Gasteiger partial charge is 0.346 e. The van der Waals surface area contributed by atoms with Gasteiger partial charge in [0, 0.05) is 17.4 Å². The fourth-order valence-corrected chi connectivity index (χ4v) is 3.25. The van der Waals surface area contributed by atoms with E-state index >= 15 is 0 Å². The van der Waals surface area contributed by atoms with Gasteiger partial charge in [-0.3, -0.25) is 4.79 Å². The second-order valence-corrected chi connectivity index (χ2v) is 6.35. The molecule has 0 saturated heterocycles. The molecule has 1 amide bonds. The van der Waals surface area contributed by atoms with Gasteiger partial charge in [-0.25, -0.2) is 0 Å². The van der Waals surface area contributed by atoms with Gasteiger partial charge in [-0.05, 0) is 30.9 Å². The van der Waals surface area contributed by atoms with Gasteiger partial charge in [0.15, 0.2) is 5.82 Å². The van der Waals surface area contributed by atoms with Crippen LogP contribution in [0.5, 0.6) is 0 Å². The maximum absolute atomic E-state index is 12.3. The maximum atomic E-state index is 12.3. The van der Waals surface area contributed by atoms with Crippen molar-refractivity contribution in [2.24, 2.45) is 13.0 Å². The molecule has 3 atom stereocenters. The first-order chi connectivity index (χ1) is 10.1. The number of rotatable bonds is 4. The molecule has 1 aliphatic carbocycles. The Bertz CT molecular complexity index is 669. The lowest BCUT2D eigenvalue weighted by Gasteiger charge is -2.13. The molecule has 1 aliphatic rings. The summed E-state index contributed by atoms with van der Waals surface area (Å²) in [6, 6.07) is 7.96. The van der Waals surface area contributed by atoms with Gasteiger partial charge in [0.05, 0.1) is 6.04 Å². The van der Waals surface area contributed by atoms with Gasteiger partial charge in [-0.1, -0.05) is 34.1 Å². The van der Waals surface area contributed by atoms with Crippen molar-refractivity contribution < 1.29 is 4.79 Å². The number of halogens is 1. The molecule has 110 valence electrons. The molecule has 6 heteroatoms. The van der Waals surface area contributed by atoms with Crippen molar-refractivity contribution in [1.82, 2.24) is 20.1 Å². The Labute approximate surface area is 131 Å². The lowest BCUT2D eigenvalue weighted by Crippen LogP contribution is -2.30. The van der Waals surface area contributed by atoms with E-state index in [2.05, 4.69) is 37.5 Å². The monoisotopic (exact) mass is 348 g/mol. The molecule has 0 unspecified atom stereocenters. The quantitative estimate of drug-likeness (QED) is 0.923. The Hall–Kier alpha value is -1.69. The number of carbonyl (C=O) groups excluding carboxylic acids is 1. The predicted molar refractivity (Wildman–Crippen MR) is 82.6 cm³/mol. The fraction of sp³-hybridized carbons (Fsp3) is 0.400. The van der Waals surface area contributed by atoms with E-state index in [1.165, 1.54) is 5.56 Å². The van der Waals surface area contributed by atoms with Gasteiger partial charge in [0.25, 0.3) is 0 Å². The van der Waals surface area contributed by atoms with Crippen LogP contribution in [0.3, 0.4) is 0 Å². The molecule has 3 rings (SSSR count). The normalized spacial score (nSPS) is 21.9. The van der Waals surface area contributed by atoms with E-state index in [4.69, 9.17) is 0 Å². The molecular formula is C15H17BrN4O. The Morgan fingerprint density at radius 2 is 2.24 bits per heavy atom. The molecule has 1 N–H and O–H groups in total. The van der Waals surface area contributed by atoms with Crippen molar-refractivity contribution in [1.29, 1.82) is 0 Å². The van der Waals surface area contributed by atoms with Crippen LogP contribution in [0.4, 0.5) is 0 Å². The smallest absolute Gasteiger partial charge is 0.224 e. The minimum absolute atomic E-state index is 0.0550. The third-order valence-electron chi connectivity index (χ3n) is 3.92. The van der Waals surface area contributed by atoms with Gasteiger partial charge in [0.1, 0.15) is 6.33 Å². The SMILES string of the molecule is C[C@H](NC(=O)[C@@H]1C[C@@H]1c1ccccc1Br)c1nncn1C. The van der Waals surface area contributed by atoms with Crippen molar-refractivity contribution in [2.75, 3.05) is 0 Å². The van der Waals surface area contributed by atoms with E-state index < -0.39 is 0 Å². The van der Waals surface area contributed by atoms with Crippen molar-refractivity contribution >= 4 is 21.8 Å². The Balaban J connectivity index is 1.63. The lowest BCUT2D eigenvalue weighted by molar-refractivity contribution is -0.123. The van der Waals surface area contributed by atoms with Crippen LogP contribution in [0.15, 0.2) is 35.1 Å². The number of amides is 1. The zero-order chi connectivity index (χ0) is 15.0. The van der Waals surface area contributed by atoms with Gasteiger partial charge in [-0.2, -0.15) is 0 Å². The van der Waals surface area contributed by atoms with E-state index in [9.17, 15) is 4.79 Å². The average molecular weight is 349 g/mol. The number of nitrogens with zero attached hydrogens (tertiary/aromatic N) is 3. The van der Waals surface area contributed by atoms with Crippen LogP contribution in [0.25, 0.3) is 0 Å². The molecule has 1 heterocycles. The number of aryl methyl sites for hydroxylation is 1. The molecule has 5 nitrogen and oxygen atoms in total. The minimum Gasteiger partial charge on any atom is -0.346 e. The van der Waals surface area contributed by atoms with E-state index in [-0.39, 0.29) is 17.9 Å². The highest BCUT2D eigenvalue weighted by Gasteiger charge is 2.45. The summed E-state index contributed by atoms with van der Waals surface area (Å²) >= 11 is 3.55. The number of hydrogen-bond acceptors (Lipinski definition) is 3. The predicted octanol–water partition coefficient (Wildman–Crippen LogP) is 2.56. The van der Waals surface area contributed by atoms with Crippen LogP contribution in [-0.4, -0.2) is 20.7 Å². The first-order valence-electron chi connectivity index (χ1n) is 6.96. The third kappa shape index (κ3) is 2.85. The van der Waals surface area contributed by atoms with Crippen LogP contribution in [-0.2, 0) is 11.8 Å². The molecule has 0 bridgehead atoms. The summed E-state index contributed by atoms with van der Waals surface area (Å²) in [5, 5.41) is 10.9. The molecule has 0 spiro atoms. The zero-order valence-electron chi connectivity index (χ0n) is 12.0. The number of benzene rings is 1. The van der Waals surface area contributed by atoms with Crippen molar-refractivity contribution in [2.45, 2.75) is 25.3 Å². The van der Waals surface area contributed by atoms with Crippen molar-refractivity contribution in [3.8, 4) is 0 Å². The maximum Gasteiger partial charge on any atom is 0.224 e. The molecule has 0 aliphatic heterocycles. The third-order valence-corrected chi connectivity index (χ3v) is 4.65. The van der Waals surface area contributed by atoms with Gasteiger partial charge >= 0.3 is 0 Å². The molecular weight excluding hydrogens is 332 g/mol. The summed E-state index contributed by atoms with van der Waals surface area (Å²) in [7, 11) is 1.87. The molecule has 1 aromatic heterocycles. The number of carbonyl (C=O) groups is 1. The molecule has 1 aromatic carbocycles. The molecule has 21 heavy (non-hydrogen) atoms. The molecule has 1 fully saturated rings. The van der Waals surface area contributed by atoms with E-state index in [0.29, 0.717) is 5.92 Å². The summed E-state index contributed by atoms with van der Waals surface area (Å²) in [4.78, 5) is 12.3. The first kappa shape index (κ1) is 14.3. The van der Waals surface area contributed by atoms with Crippen LogP contribution in [0.1, 0.15) is 36.7 Å². The number of aromatic nitrogens is 3. The summed E-state index contributed by atoms with van der Waals surface area (Å²) in [6.07, 6.45) is 2.54. The summed E-state index contributed by atoms with van der Waals surface area (Å²) in [5.74, 6) is 1.22. The number of hydrogen-bond donors (Lipinski definition) is 1. The number of nitrogens with one attached hydrogen (secondary N) is 1. The summed E-state index contributed by atoms with van der Waals surface area (Å²) in [5.41, 5.74) is 1.21. The van der Waals surface area contributed by atoms with E-state index in [0.717, 1.165) is 16.7 Å². The topological polar surface area (TPSA) is 59.8 Å². The highest BCUT2D eigenvalue weighted by Crippen LogP contribution is 2.49. The molecule has 0 radical (unpaired) electrons. The second-order valence-electron chi connectivity index (χ2n) is 5.50. The van der Waals surface area contributed by atoms with Gasteiger partial charge in [-0.15, -0.1) is 10.2 Å².